The number of amides is 1. The van der Waals surface area contributed by atoms with Crippen molar-refractivity contribution in [1.82, 2.24) is 20.3 Å². The Balaban J connectivity index is 1.38. The molecule has 1 saturated heterocycles. The van der Waals surface area contributed by atoms with E-state index in [2.05, 4.69) is 29.2 Å². The zero-order valence-electron chi connectivity index (χ0n) is 16.3. The van der Waals surface area contributed by atoms with Crippen molar-refractivity contribution < 1.29 is 9.32 Å². The Kier molecular flexibility index (Phi) is 7.35. The molecule has 1 aromatic heterocycles. The predicted molar refractivity (Wildman–Crippen MR) is 111 cm³/mol. The normalized spacial score (nSPS) is 15.4. The van der Waals surface area contributed by atoms with Crippen LogP contribution in [0.2, 0.25) is 10.0 Å². The minimum atomic E-state index is 0.00242. The second-order valence-electron chi connectivity index (χ2n) is 7.31. The van der Waals surface area contributed by atoms with E-state index in [1.165, 1.54) is 0 Å². The largest absolute Gasteiger partial charge is 0.360 e. The monoisotopic (exact) mass is 424 g/mol. The molecule has 2 heterocycles. The summed E-state index contributed by atoms with van der Waals surface area (Å²) in [7, 11) is 0. The van der Waals surface area contributed by atoms with Crippen LogP contribution in [0.15, 0.2) is 28.8 Å². The molecular formula is C20H26Cl2N4O2. The Morgan fingerprint density at radius 1 is 1.18 bits per heavy atom. The highest BCUT2D eigenvalue weighted by Crippen LogP contribution is 2.23. The molecule has 0 atom stereocenters. The van der Waals surface area contributed by atoms with Crippen LogP contribution in [0.25, 0.3) is 0 Å². The Morgan fingerprint density at radius 2 is 1.93 bits per heavy atom. The molecule has 1 fully saturated rings. The van der Waals surface area contributed by atoms with Crippen molar-refractivity contribution in [2.45, 2.75) is 26.3 Å². The summed E-state index contributed by atoms with van der Waals surface area (Å²) >= 11 is 11.9. The van der Waals surface area contributed by atoms with E-state index in [1.54, 1.807) is 18.2 Å². The molecule has 1 aromatic carbocycles. The van der Waals surface area contributed by atoms with Crippen LogP contribution in [-0.4, -0.2) is 60.1 Å². The summed E-state index contributed by atoms with van der Waals surface area (Å²) in [4.78, 5) is 16.8. The third-order valence-electron chi connectivity index (χ3n) is 4.90. The van der Waals surface area contributed by atoms with E-state index in [9.17, 15) is 4.79 Å². The lowest BCUT2D eigenvalue weighted by atomic mass is 10.1. The van der Waals surface area contributed by atoms with Crippen LogP contribution in [0.5, 0.6) is 0 Å². The molecule has 0 bridgehead atoms. The van der Waals surface area contributed by atoms with E-state index in [0.29, 0.717) is 41.2 Å². The molecule has 0 saturated carbocycles. The fraction of sp³-hybridized carbons (Fsp3) is 0.500. The molecule has 1 aliphatic heterocycles. The maximum atomic E-state index is 12.6. The highest BCUT2D eigenvalue weighted by Gasteiger charge is 2.22. The Bertz CT molecular complexity index is 801. The highest BCUT2D eigenvalue weighted by molar-refractivity contribution is 6.42. The molecule has 0 aliphatic carbocycles. The van der Waals surface area contributed by atoms with Crippen molar-refractivity contribution in [2.24, 2.45) is 0 Å². The Labute approximate surface area is 175 Å². The average Bonchev–Trinajstić information content (AvgIpc) is 3.17. The van der Waals surface area contributed by atoms with Crippen molar-refractivity contribution in [3.63, 3.8) is 0 Å². The fourth-order valence-electron chi connectivity index (χ4n) is 3.12. The van der Waals surface area contributed by atoms with E-state index in [0.717, 1.165) is 37.6 Å². The lowest BCUT2D eigenvalue weighted by Gasteiger charge is -2.34. The van der Waals surface area contributed by atoms with Crippen molar-refractivity contribution in [2.75, 3.05) is 39.3 Å². The number of carbonyl (C=O) groups is 1. The number of benzene rings is 1. The van der Waals surface area contributed by atoms with Gasteiger partial charge in [0.2, 0.25) is 0 Å². The summed E-state index contributed by atoms with van der Waals surface area (Å²) in [5.41, 5.74) is 1.57. The van der Waals surface area contributed by atoms with Crippen molar-refractivity contribution >= 4 is 29.1 Å². The standard InChI is InChI=1S/C20H26Cl2N4O2/c1-14(2)19-12-16(28-24-19)13-23-5-6-25-7-9-26(10-8-25)20(27)15-3-4-17(21)18(22)11-15/h3-4,11-12,14,23H,5-10,13H2,1-2H3. The first-order chi connectivity index (χ1) is 13.4. The van der Waals surface area contributed by atoms with E-state index in [1.807, 2.05) is 11.0 Å². The predicted octanol–water partition coefficient (Wildman–Crippen LogP) is 3.65. The number of hydrogen-bond acceptors (Lipinski definition) is 5. The smallest absolute Gasteiger partial charge is 0.253 e. The number of nitrogens with zero attached hydrogens (tertiary/aromatic N) is 3. The van der Waals surface area contributed by atoms with Crippen LogP contribution in [0.1, 0.15) is 41.6 Å². The summed E-state index contributed by atoms with van der Waals surface area (Å²) in [5, 5.41) is 8.32. The SMILES string of the molecule is CC(C)c1cc(CNCCN2CCN(C(=O)c3ccc(Cl)c(Cl)c3)CC2)on1. The van der Waals surface area contributed by atoms with Gasteiger partial charge in [-0.25, -0.2) is 0 Å². The quantitative estimate of drug-likeness (QED) is 0.687. The van der Waals surface area contributed by atoms with Crippen LogP contribution >= 0.6 is 23.2 Å². The van der Waals surface area contributed by atoms with Crippen molar-refractivity contribution in [3.05, 3.63) is 51.3 Å². The molecule has 28 heavy (non-hydrogen) atoms. The number of piperazine rings is 1. The van der Waals surface area contributed by atoms with Gasteiger partial charge in [0, 0.05) is 50.9 Å². The van der Waals surface area contributed by atoms with Gasteiger partial charge in [-0.2, -0.15) is 0 Å². The molecule has 1 amide bonds. The van der Waals surface area contributed by atoms with Gasteiger partial charge in [0.05, 0.1) is 22.3 Å². The molecule has 3 rings (SSSR count). The van der Waals surface area contributed by atoms with Gasteiger partial charge in [-0.15, -0.1) is 0 Å². The minimum Gasteiger partial charge on any atom is -0.360 e. The van der Waals surface area contributed by atoms with Crippen LogP contribution < -0.4 is 5.32 Å². The molecule has 0 spiro atoms. The minimum absolute atomic E-state index is 0.00242. The van der Waals surface area contributed by atoms with Crippen molar-refractivity contribution in [3.8, 4) is 0 Å². The molecule has 1 aliphatic rings. The van der Waals surface area contributed by atoms with Gasteiger partial charge in [-0.3, -0.25) is 9.69 Å². The van der Waals surface area contributed by atoms with Gasteiger partial charge < -0.3 is 14.7 Å². The van der Waals surface area contributed by atoms with Gasteiger partial charge in [0.25, 0.3) is 5.91 Å². The number of aromatic nitrogens is 1. The maximum Gasteiger partial charge on any atom is 0.253 e. The molecule has 152 valence electrons. The summed E-state index contributed by atoms with van der Waals surface area (Å²) in [6.45, 7) is 9.79. The van der Waals surface area contributed by atoms with E-state index in [4.69, 9.17) is 27.7 Å². The molecule has 1 N–H and O–H groups in total. The first-order valence-electron chi connectivity index (χ1n) is 9.57. The van der Waals surface area contributed by atoms with Gasteiger partial charge in [0.15, 0.2) is 5.76 Å². The summed E-state index contributed by atoms with van der Waals surface area (Å²) < 4.78 is 5.33. The molecule has 2 aromatic rings. The summed E-state index contributed by atoms with van der Waals surface area (Å²) in [6, 6.07) is 7.03. The summed E-state index contributed by atoms with van der Waals surface area (Å²) in [5.74, 6) is 1.24. The number of rotatable bonds is 7. The van der Waals surface area contributed by atoms with Crippen LogP contribution in [0.4, 0.5) is 0 Å². The molecule has 8 heteroatoms. The molecule has 0 unspecified atom stereocenters. The third kappa shape index (κ3) is 5.47. The zero-order chi connectivity index (χ0) is 20.1. The van der Waals surface area contributed by atoms with Gasteiger partial charge in [0.1, 0.15) is 0 Å². The van der Waals surface area contributed by atoms with Crippen LogP contribution in [0.3, 0.4) is 0 Å². The number of hydrogen-bond donors (Lipinski definition) is 1. The summed E-state index contributed by atoms with van der Waals surface area (Å²) in [6.07, 6.45) is 0. The number of halogens is 2. The van der Waals surface area contributed by atoms with Gasteiger partial charge in [-0.1, -0.05) is 42.2 Å². The average molecular weight is 425 g/mol. The molecule has 0 radical (unpaired) electrons. The number of nitrogens with one attached hydrogen (secondary N) is 1. The van der Waals surface area contributed by atoms with E-state index < -0.39 is 0 Å². The van der Waals surface area contributed by atoms with E-state index in [-0.39, 0.29) is 5.91 Å². The second kappa shape index (κ2) is 9.74. The van der Waals surface area contributed by atoms with Crippen LogP contribution in [0, 0.1) is 0 Å². The number of carbonyl (C=O) groups excluding carboxylic acids is 1. The lowest BCUT2D eigenvalue weighted by molar-refractivity contribution is 0.0638. The Hall–Kier alpha value is -1.60. The topological polar surface area (TPSA) is 61.6 Å². The fourth-order valence-corrected chi connectivity index (χ4v) is 3.42. The van der Waals surface area contributed by atoms with Gasteiger partial charge in [-0.05, 0) is 24.1 Å². The lowest BCUT2D eigenvalue weighted by Crippen LogP contribution is -2.50. The zero-order valence-corrected chi connectivity index (χ0v) is 17.8. The van der Waals surface area contributed by atoms with Crippen molar-refractivity contribution in [1.29, 1.82) is 0 Å². The molecule has 6 nitrogen and oxygen atoms in total. The molecular weight excluding hydrogens is 399 g/mol. The first-order valence-corrected chi connectivity index (χ1v) is 10.3. The first kappa shape index (κ1) is 21.1. The third-order valence-corrected chi connectivity index (χ3v) is 5.64. The van der Waals surface area contributed by atoms with Crippen LogP contribution in [-0.2, 0) is 6.54 Å². The van der Waals surface area contributed by atoms with Gasteiger partial charge >= 0.3 is 0 Å². The Morgan fingerprint density at radius 3 is 2.57 bits per heavy atom. The second-order valence-corrected chi connectivity index (χ2v) is 8.13. The maximum absolute atomic E-state index is 12.6. The van der Waals surface area contributed by atoms with E-state index >= 15 is 0 Å². The highest BCUT2D eigenvalue weighted by atomic mass is 35.5.